The van der Waals surface area contributed by atoms with Crippen LogP contribution in [-0.4, -0.2) is 15.8 Å². The van der Waals surface area contributed by atoms with Crippen LogP contribution in [0.2, 0.25) is 0 Å². The predicted octanol–water partition coefficient (Wildman–Crippen LogP) is 2.60. The molecule has 0 fully saturated rings. The molecule has 0 spiro atoms. The first-order valence-electron chi connectivity index (χ1n) is 5.62. The molecule has 0 saturated carbocycles. The molecular weight excluding hydrogens is 230 g/mol. The molecule has 0 saturated heterocycles. The Labute approximate surface area is 106 Å². The maximum atomic E-state index is 6.07. The lowest BCUT2D eigenvalue weighted by Crippen LogP contribution is -2.22. The molecule has 0 aliphatic carbocycles. The first-order valence-corrected chi connectivity index (χ1v) is 6.50. The van der Waals surface area contributed by atoms with Gasteiger partial charge in [0, 0.05) is 29.7 Å². The van der Waals surface area contributed by atoms with E-state index in [-0.39, 0.29) is 11.3 Å². The lowest BCUT2D eigenvalue weighted by atomic mass is 10.1. The largest absolute Gasteiger partial charge is 0.327 e. The van der Waals surface area contributed by atoms with E-state index in [1.54, 1.807) is 11.8 Å². The third kappa shape index (κ3) is 3.11. The number of aromatic nitrogens is 2. The fraction of sp³-hybridized carbons (Fsp3) is 0.308. The topological polar surface area (TPSA) is 43.8 Å². The summed E-state index contributed by atoms with van der Waals surface area (Å²) in [5.74, 6) is 0. The van der Waals surface area contributed by atoms with E-state index in [1.165, 1.54) is 10.5 Å². The van der Waals surface area contributed by atoms with Gasteiger partial charge in [0.2, 0.25) is 0 Å². The van der Waals surface area contributed by atoms with Crippen LogP contribution in [0.25, 0.3) is 0 Å². The van der Waals surface area contributed by atoms with Gasteiger partial charge < -0.3 is 5.73 Å². The van der Waals surface area contributed by atoms with Gasteiger partial charge in [-0.25, -0.2) is 0 Å². The van der Waals surface area contributed by atoms with Gasteiger partial charge in [0.15, 0.2) is 0 Å². The van der Waals surface area contributed by atoms with Crippen molar-refractivity contribution in [3.05, 3.63) is 48.3 Å². The molecule has 2 N–H and O–H groups in total. The number of benzene rings is 1. The van der Waals surface area contributed by atoms with E-state index in [9.17, 15) is 0 Å². The van der Waals surface area contributed by atoms with Crippen LogP contribution in [-0.2, 0) is 7.05 Å². The van der Waals surface area contributed by atoms with Crippen molar-refractivity contribution in [2.24, 2.45) is 12.8 Å². The zero-order valence-electron chi connectivity index (χ0n) is 10.1. The van der Waals surface area contributed by atoms with E-state index in [2.05, 4.69) is 17.2 Å². The number of aryl methyl sites for hydroxylation is 1. The van der Waals surface area contributed by atoms with Gasteiger partial charge in [-0.3, -0.25) is 4.68 Å². The fourth-order valence-corrected chi connectivity index (χ4v) is 2.79. The summed E-state index contributed by atoms with van der Waals surface area (Å²) in [5, 5.41) is 4.45. The lowest BCUT2D eigenvalue weighted by molar-refractivity contribution is 0.718. The molecule has 0 radical (unpaired) electrons. The fourth-order valence-electron chi connectivity index (χ4n) is 1.71. The number of hydrogen-bond donors (Lipinski definition) is 1. The first kappa shape index (κ1) is 12.2. The Hall–Kier alpha value is -1.26. The maximum absolute atomic E-state index is 6.07. The zero-order valence-corrected chi connectivity index (χ0v) is 10.9. The quantitative estimate of drug-likeness (QED) is 0.845. The molecule has 2 unspecified atom stereocenters. The summed E-state index contributed by atoms with van der Waals surface area (Å²) in [6, 6.07) is 10.4. The van der Waals surface area contributed by atoms with Crippen molar-refractivity contribution in [1.29, 1.82) is 0 Å². The van der Waals surface area contributed by atoms with Crippen LogP contribution in [0.4, 0.5) is 0 Å². The molecule has 0 aliphatic heterocycles. The minimum atomic E-state index is 0.0874. The second-order valence-corrected chi connectivity index (χ2v) is 5.37. The summed E-state index contributed by atoms with van der Waals surface area (Å²) in [6.07, 6.45) is 3.92. The highest BCUT2D eigenvalue weighted by Gasteiger charge is 2.19. The molecule has 90 valence electrons. The minimum absolute atomic E-state index is 0.0874. The van der Waals surface area contributed by atoms with E-state index < -0.39 is 0 Å². The highest BCUT2D eigenvalue weighted by molar-refractivity contribution is 7.99. The predicted molar refractivity (Wildman–Crippen MR) is 71.9 cm³/mol. The standard InChI is InChI=1S/C13H17N3S/c1-10(14)13(11-8-15-16(2)9-11)17-12-6-4-3-5-7-12/h3-10,13H,14H2,1-2H3. The van der Waals surface area contributed by atoms with Gasteiger partial charge in [-0.15, -0.1) is 11.8 Å². The highest BCUT2D eigenvalue weighted by atomic mass is 32.2. The summed E-state index contributed by atoms with van der Waals surface area (Å²) < 4.78 is 1.82. The van der Waals surface area contributed by atoms with Crippen molar-refractivity contribution in [3.8, 4) is 0 Å². The molecule has 0 amide bonds. The average molecular weight is 247 g/mol. The second-order valence-electron chi connectivity index (χ2n) is 4.16. The Morgan fingerprint density at radius 3 is 2.53 bits per heavy atom. The molecule has 0 aliphatic rings. The average Bonchev–Trinajstić information content (AvgIpc) is 2.73. The molecule has 2 rings (SSSR count). The van der Waals surface area contributed by atoms with Gasteiger partial charge >= 0.3 is 0 Å². The molecule has 3 nitrogen and oxygen atoms in total. The molecule has 17 heavy (non-hydrogen) atoms. The number of nitrogens with two attached hydrogens (primary N) is 1. The third-order valence-corrected chi connectivity index (χ3v) is 4.04. The van der Waals surface area contributed by atoms with Gasteiger partial charge in [0.05, 0.1) is 11.4 Å². The van der Waals surface area contributed by atoms with Gasteiger partial charge in [-0.2, -0.15) is 5.10 Å². The van der Waals surface area contributed by atoms with Crippen LogP contribution in [0.15, 0.2) is 47.6 Å². The lowest BCUT2D eigenvalue weighted by Gasteiger charge is -2.18. The van der Waals surface area contributed by atoms with Crippen molar-refractivity contribution in [2.45, 2.75) is 23.1 Å². The molecular formula is C13H17N3S. The Balaban J connectivity index is 2.19. The van der Waals surface area contributed by atoms with Crippen LogP contribution >= 0.6 is 11.8 Å². The van der Waals surface area contributed by atoms with Gasteiger partial charge in [0.1, 0.15) is 0 Å². The molecule has 2 aromatic rings. The van der Waals surface area contributed by atoms with Gasteiger partial charge in [-0.05, 0) is 19.1 Å². The third-order valence-electron chi connectivity index (χ3n) is 2.54. The van der Waals surface area contributed by atoms with Crippen molar-refractivity contribution >= 4 is 11.8 Å². The number of nitrogens with zero attached hydrogens (tertiary/aromatic N) is 2. The van der Waals surface area contributed by atoms with Crippen molar-refractivity contribution in [2.75, 3.05) is 0 Å². The Morgan fingerprint density at radius 2 is 2.00 bits per heavy atom. The van der Waals surface area contributed by atoms with E-state index in [4.69, 9.17) is 5.73 Å². The van der Waals surface area contributed by atoms with Crippen molar-refractivity contribution in [1.82, 2.24) is 9.78 Å². The maximum Gasteiger partial charge on any atom is 0.0533 e. The number of rotatable bonds is 4. The van der Waals surface area contributed by atoms with Gasteiger partial charge in [0.25, 0.3) is 0 Å². The summed E-state index contributed by atoms with van der Waals surface area (Å²) in [6.45, 7) is 2.04. The van der Waals surface area contributed by atoms with E-state index in [0.717, 1.165) is 0 Å². The van der Waals surface area contributed by atoms with E-state index in [0.29, 0.717) is 0 Å². The van der Waals surface area contributed by atoms with Crippen LogP contribution < -0.4 is 5.73 Å². The summed E-state index contributed by atoms with van der Waals surface area (Å²) in [4.78, 5) is 1.23. The molecule has 1 heterocycles. The molecule has 1 aromatic carbocycles. The van der Waals surface area contributed by atoms with Crippen LogP contribution in [0, 0.1) is 0 Å². The Kier molecular flexibility index (Phi) is 3.86. The smallest absolute Gasteiger partial charge is 0.0533 e. The zero-order chi connectivity index (χ0) is 12.3. The van der Waals surface area contributed by atoms with Gasteiger partial charge in [-0.1, -0.05) is 18.2 Å². The highest BCUT2D eigenvalue weighted by Crippen LogP contribution is 2.36. The molecule has 4 heteroatoms. The first-order chi connectivity index (χ1) is 8.16. The van der Waals surface area contributed by atoms with Crippen LogP contribution in [0.1, 0.15) is 17.7 Å². The minimum Gasteiger partial charge on any atom is -0.327 e. The molecule has 2 atom stereocenters. The Morgan fingerprint density at radius 1 is 1.29 bits per heavy atom. The molecule has 1 aromatic heterocycles. The van der Waals surface area contributed by atoms with Crippen molar-refractivity contribution in [3.63, 3.8) is 0 Å². The Bertz CT molecular complexity index is 465. The van der Waals surface area contributed by atoms with Crippen molar-refractivity contribution < 1.29 is 0 Å². The summed E-state index contributed by atoms with van der Waals surface area (Å²) in [7, 11) is 1.93. The monoisotopic (exact) mass is 247 g/mol. The summed E-state index contributed by atoms with van der Waals surface area (Å²) in [5.41, 5.74) is 7.25. The van der Waals surface area contributed by atoms with Crippen LogP contribution in [0.3, 0.4) is 0 Å². The SMILES string of the molecule is CC(N)C(Sc1ccccc1)c1cnn(C)c1. The summed E-state index contributed by atoms with van der Waals surface area (Å²) >= 11 is 1.78. The number of thioether (sulfide) groups is 1. The normalized spacial score (nSPS) is 14.5. The van der Waals surface area contributed by atoms with E-state index in [1.807, 2.05) is 49.2 Å². The second kappa shape index (κ2) is 5.38. The van der Waals surface area contributed by atoms with Crippen LogP contribution in [0.5, 0.6) is 0 Å². The number of hydrogen-bond acceptors (Lipinski definition) is 3. The van der Waals surface area contributed by atoms with E-state index >= 15 is 0 Å². The molecule has 0 bridgehead atoms.